The van der Waals surface area contributed by atoms with Gasteiger partial charge < -0.3 is 9.64 Å². The molecule has 1 aromatic rings. The summed E-state index contributed by atoms with van der Waals surface area (Å²) in [6.45, 7) is 6.38. The molecule has 2 fully saturated rings. The average Bonchev–Trinajstić information content (AvgIpc) is 2.92. The topological polar surface area (TPSA) is 66.9 Å². The highest BCUT2D eigenvalue weighted by atomic mass is 32.2. The van der Waals surface area contributed by atoms with Crippen molar-refractivity contribution in [1.82, 2.24) is 9.80 Å². The Morgan fingerprint density at radius 3 is 2.68 bits per heavy atom. The average molecular weight is 403 g/mol. The van der Waals surface area contributed by atoms with Crippen molar-refractivity contribution < 1.29 is 19.1 Å². The summed E-state index contributed by atoms with van der Waals surface area (Å²) in [6, 6.07) is 4.00. The summed E-state index contributed by atoms with van der Waals surface area (Å²) in [6.07, 6.45) is 4.76. The molecule has 0 aliphatic carbocycles. The van der Waals surface area contributed by atoms with Crippen LogP contribution in [0.25, 0.3) is 6.08 Å². The molecule has 3 rings (SSSR count). The second-order valence-corrected chi connectivity index (χ2v) is 8.37. The maximum absolute atomic E-state index is 12.8. The van der Waals surface area contributed by atoms with Crippen LogP contribution in [0.4, 0.5) is 4.79 Å². The second kappa shape index (κ2) is 8.39. The minimum atomic E-state index is -0.402. The van der Waals surface area contributed by atoms with E-state index in [1.807, 2.05) is 32.9 Å². The van der Waals surface area contributed by atoms with Gasteiger partial charge in [0.15, 0.2) is 0 Å². The highest BCUT2D eigenvalue weighted by molar-refractivity contribution is 8.18. The summed E-state index contributed by atoms with van der Waals surface area (Å²) in [7, 11) is 1.62. The number of aryl methyl sites for hydroxylation is 2. The first-order chi connectivity index (χ1) is 13.3. The molecular formula is C21H26N2O4S. The van der Waals surface area contributed by atoms with Crippen LogP contribution >= 0.6 is 11.8 Å². The van der Waals surface area contributed by atoms with Gasteiger partial charge in [0, 0.05) is 12.6 Å². The van der Waals surface area contributed by atoms with Crippen molar-refractivity contribution in [2.75, 3.05) is 20.2 Å². The molecular weight excluding hydrogens is 376 g/mol. The zero-order chi connectivity index (χ0) is 20.4. The van der Waals surface area contributed by atoms with E-state index in [0.717, 1.165) is 58.4 Å². The van der Waals surface area contributed by atoms with E-state index in [2.05, 4.69) is 0 Å². The summed E-state index contributed by atoms with van der Waals surface area (Å²) in [5, 5.41) is -0.392. The smallest absolute Gasteiger partial charge is 0.294 e. The van der Waals surface area contributed by atoms with E-state index in [0.29, 0.717) is 11.4 Å². The van der Waals surface area contributed by atoms with Crippen molar-refractivity contribution >= 4 is 34.9 Å². The number of hydrogen-bond donors (Lipinski definition) is 0. The van der Waals surface area contributed by atoms with E-state index in [4.69, 9.17) is 4.74 Å². The number of amides is 3. The number of nitrogens with zero attached hydrogens (tertiary/aromatic N) is 2. The van der Waals surface area contributed by atoms with Crippen molar-refractivity contribution in [3.8, 4) is 5.75 Å². The summed E-state index contributed by atoms with van der Waals surface area (Å²) in [5.41, 5.74) is 2.76. The number of benzene rings is 1. The molecule has 3 amide bonds. The zero-order valence-corrected chi connectivity index (χ0v) is 17.6. The number of ether oxygens (including phenoxy) is 1. The van der Waals surface area contributed by atoms with Gasteiger partial charge in [-0.1, -0.05) is 0 Å². The monoisotopic (exact) mass is 402 g/mol. The molecule has 28 heavy (non-hydrogen) atoms. The highest BCUT2D eigenvalue weighted by Crippen LogP contribution is 2.34. The third kappa shape index (κ3) is 4.09. The Morgan fingerprint density at radius 2 is 2.00 bits per heavy atom. The molecule has 0 spiro atoms. The lowest BCUT2D eigenvalue weighted by molar-refractivity contribution is -0.138. The van der Waals surface area contributed by atoms with Crippen molar-refractivity contribution in [2.45, 2.75) is 46.1 Å². The maximum Gasteiger partial charge on any atom is 0.294 e. The second-order valence-electron chi connectivity index (χ2n) is 7.38. The van der Waals surface area contributed by atoms with Crippen molar-refractivity contribution in [1.29, 1.82) is 0 Å². The van der Waals surface area contributed by atoms with Crippen LogP contribution in [0.3, 0.4) is 0 Å². The molecule has 150 valence electrons. The van der Waals surface area contributed by atoms with E-state index < -0.39 is 11.1 Å². The minimum absolute atomic E-state index is 0.154. The predicted octanol–water partition coefficient (Wildman–Crippen LogP) is 3.75. The first kappa shape index (κ1) is 20.5. The van der Waals surface area contributed by atoms with Crippen LogP contribution in [0, 0.1) is 13.8 Å². The zero-order valence-electron chi connectivity index (χ0n) is 16.8. The van der Waals surface area contributed by atoms with Gasteiger partial charge in [-0.2, -0.15) is 0 Å². The maximum atomic E-state index is 12.8. The van der Waals surface area contributed by atoms with Crippen LogP contribution < -0.4 is 4.74 Å². The molecule has 0 unspecified atom stereocenters. The number of carbonyl (C=O) groups is 3. The summed E-state index contributed by atoms with van der Waals surface area (Å²) in [4.78, 5) is 41.0. The van der Waals surface area contributed by atoms with Crippen LogP contribution in [0.1, 0.15) is 42.9 Å². The lowest BCUT2D eigenvalue weighted by Crippen LogP contribution is -2.47. The molecule has 1 aromatic carbocycles. The largest absolute Gasteiger partial charge is 0.496 e. The fourth-order valence-electron chi connectivity index (χ4n) is 3.66. The van der Waals surface area contributed by atoms with Gasteiger partial charge >= 0.3 is 0 Å². The molecule has 7 heteroatoms. The van der Waals surface area contributed by atoms with Gasteiger partial charge in [0.25, 0.3) is 11.1 Å². The lowest BCUT2D eigenvalue weighted by Gasteiger charge is -2.34. The molecule has 2 aliphatic heterocycles. The number of piperidine rings is 1. The molecule has 6 nitrogen and oxygen atoms in total. The van der Waals surface area contributed by atoms with Gasteiger partial charge in [-0.15, -0.1) is 0 Å². The standard InChI is InChI=1S/C21H26N2O4S/c1-13-10-17(27-4)14(2)9-16(13)11-18-20(25)23(21(26)28-18)12-19(24)22-8-6-5-7-15(22)3/h9-11,15H,5-8,12H2,1-4H3/b18-11-/t15-/m0/s1. The van der Waals surface area contributed by atoms with Crippen LogP contribution in [-0.2, 0) is 9.59 Å². The van der Waals surface area contributed by atoms with Gasteiger partial charge in [0.05, 0.1) is 12.0 Å². The molecule has 2 saturated heterocycles. The number of hydrogen-bond acceptors (Lipinski definition) is 5. The van der Waals surface area contributed by atoms with Crippen molar-refractivity contribution in [2.24, 2.45) is 0 Å². The van der Waals surface area contributed by atoms with E-state index in [1.165, 1.54) is 0 Å². The molecule has 0 aromatic heterocycles. The van der Waals surface area contributed by atoms with Crippen LogP contribution in [0.15, 0.2) is 17.0 Å². The molecule has 0 bridgehead atoms. The molecule has 0 N–H and O–H groups in total. The van der Waals surface area contributed by atoms with Crippen molar-refractivity contribution in [3.63, 3.8) is 0 Å². The number of methoxy groups -OCH3 is 1. The number of likely N-dealkylation sites (tertiary alicyclic amines) is 1. The Hall–Kier alpha value is -2.28. The Kier molecular flexibility index (Phi) is 6.13. The molecule has 0 saturated carbocycles. The van der Waals surface area contributed by atoms with Gasteiger partial charge in [-0.05, 0) is 86.7 Å². The van der Waals surface area contributed by atoms with Crippen molar-refractivity contribution in [3.05, 3.63) is 33.7 Å². The quantitative estimate of drug-likeness (QED) is 0.718. The normalized spacial score (nSPS) is 21.6. The van der Waals surface area contributed by atoms with Gasteiger partial charge in [-0.3, -0.25) is 19.3 Å². The Morgan fingerprint density at radius 1 is 1.25 bits per heavy atom. The summed E-state index contributed by atoms with van der Waals surface area (Å²) in [5.74, 6) is 0.220. The third-order valence-electron chi connectivity index (χ3n) is 5.36. The summed E-state index contributed by atoms with van der Waals surface area (Å²) >= 11 is 0.887. The van der Waals surface area contributed by atoms with E-state index in [-0.39, 0.29) is 18.5 Å². The Balaban J connectivity index is 1.77. The first-order valence-corrected chi connectivity index (χ1v) is 10.3. The number of carbonyl (C=O) groups excluding carboxylic acids is 3. The lowest BCUT2D eigenvalue weighted by atomic mass is 10.0. The fraction of sp³-hybridized carbons (Fsp3) is 0.476. The SMILES string of the molecule is COc1cc(C)c(/C=C2\SC(=O)N(CC(=O)N3CCCC[C@@H]3C)C2=O)cc1C. The molecule has 1 atom stereocenters. The van der Waals surface area contributed by atoms with E-state index in [9.17, 15) is 14.4 Å². The van der Waals surface area contributed by atoms with Crippen LogP contribution in [-0.4, -0.2) is 53.1 Å². The Labute approximate surface area is 169 Å². The molecule has 2 heterocycles. The third-order valence-corrected chi connectivity index (χ3v) is 6.27. The van der Waals surface area contributed by atoms with E-state index in [1.54, 1.807) is 18.1 Å². The summed E-state index contributed by atoms with van der Waals surface area (Å²) < 4.78 is 5.32. The Bertz CT molecular complexity index is 849. The van der Waals surface area contributed by atoms with Crippen LogP contribution in [0.2, 0.25) is 0 Å². The first-order valence-electron chi connectivity index (χ1n) is 9.52. The number of rotatable bonds is 4. The van der Waals surface area contributed by atoms with Gasteiger partial charge in [0.1, 0.15) is 12.3 Å². The molecule has 0 radical (unpaired) electrons. The van der Waals surface area contributed by atoms with Gasteiger partial charge in [0.2, 0.25) is 5.91 Å². The van der Waals surface area contributed by atoms with Gasteiger partial charge in [-0.25, -0.2) is 0 Å². The van der Waals surface area contributed by atoms with Crippen LogP contribution in [0.5, 0.6) is 5.75 Å². The molecule has 2 aliphatic rings. The fourth-order valence-corrected chi connectivity index (χ4v) is 4.49. The minimum Gasteiger partial charge on any atom is -0.496 e. The highest BCUT2D eigenvalue weighted by Gasteiger charge is 2.38. The predicted molar refractivity (Wildman–Crippen MR) is 110 cm³/mol. The number of imide groups is 1. The van der Waals surface area contributed by atoms with E-state index >= 15 is 0 Å². The number of thioether (sulfide) groups is 1.